The van der Waals surface area contributed by atoms with E-state index in [1.165, 1.54) is 7.11 Å². The van der Waals surface area contributed by atoms with Crippen molar-refractivity contribution in [3.8, 4) is 11.8 Å². The molecule has 5 heteroatoms. The van der Waals surface area contributed by atoms with Crippen LogP contribution in [0.2, 0.25) is 0 Å². The minimum atomic E-state index is -0.522. The van der Waals surface area contributed by atoms with Crippen LogP contribution in [0.4, 0.5) is 5.69 Å². The number of hydrogen-bond donors (Lipinski definition) is 1. The first-order valence-electron chi connectivity index (χ1n) is 5.21. The number of esters is 1. The number of hydrogen-bond acceptors (Lipinski definition) is 5. The van der Waals surface area contributed by atoms with Gasteiger partial charge in [-0.25, -0.2) is 4.79 Å². The van der Waals surface area contributed by atoms with E-state index in [2.05, 4.69) is 16.1 Å². The Kier molecular flexibility index (Phi) is 2.88. The number of nitrogens with zero attached hydrogens (tertiary/aromatic N) is 1. The smallest absolute Gasteiger partial charge is 0.337 e. The van der Waals surface area contributed by atoms with Gasteiger partial charge in [-0.3, -0.25) is 0 Å². The molecule has 5 nitrogen and oxygen atoms in total. The molecule has 1 aromatic carbocycles. The number of carbonyl (C=O) groups is 1. The maximum Gasteiger partial charge on any atom is 0.337 e. The molecular weight excluding hydrogens is 220 g/mol. The molecule has 2 rings (SSSR count). The van der Waals surface area contributed by atoms with Crippen LogP contribution in [0.3, 0.4) is 0 Å². The summed E-state index contributed by atoms with van der Waals surface area (Å²) < 4.78 is 10.1. The summed E-state index contributed by atoms with van der Waals surface area (Å²) >= 11 is 0. The minimum Gasteiger partial charge on any atom is -0.471 e. The van der Waals surface area contributed by atoms with Crippen LogP contribution in [0.15, 0.2) is 18.2 Å². The van der Waals surface area contributed by atoms with E-state index in [-0.39, 0.29) is 6.04 Å². The molecule has 2 unspecified atom stereocenters. The maximum absolute atomic E-state index is 11.4. The van der Waals surface area contributed by atoms with Crippen molar-refractivity contribution in [2.24, 2.45) is 0 Å². The highest BCUT2D eigenvalue weighted by molar-refractivity contribution is 5.91. The Labute approximate surface area is 98.9 Å². The number of methoxy groups -OCH3 is 1. The van der Waals surface area contributed by atoms with Crippen molar-refractivity contribution in [3.63, 3.8) is 0 Å². The Morgan fingerprint density at radius 2 is 2.35 bits per heavy atom. The Balaban J connectivity index is 2.33. The highest BCUT2D eigenvalue weighted by Gasteiger charge is 2.26. The summed E-state index contributed by atoms with van der Waals surface area (Å²) in [6.07, 6.45) is -0.522. The summed E-state index contributed by atoms with van der Waals surface area (Å²) in [5.41, 5.74) is 1.15. The second kappa shape index (κ2) is 4.34. The number of fused-ring (bicyclic) bond motifs is 1. The molecule has 1 aromatic rings. The third-order valence-electron chi connectivity index (χ3n) is 2.62. The summed E-state index contributed by atoms with van der Waals surface area (Å²) in [5.74, 6) is 0.173. The Morgan fingerprint density at radius 1 is 1.59 bits per heavy atom. The number of ether oxygens (including phenoxy) is 2. The maximum atomic E-state index is 11.4. The number of nitrogens with one attached hydrogen (secondary N) is 1. The van der Waals surface area contributed by atoms with Crippen molar-refractivity contribution in [1.29, 1.82) is 5.26 Å². The topological polar surface area (TPSA) is 71.3 Å². The van der Waals surface area contributed by atoms with Crippen LogP contribution in [0.1, 0.15) is 17.3 Å². The zero-order valence-corrected chi connectivity index (χ0v) is 9.56. The molecule has 0 fully saturated rings. The van der Waals surface area contributed by atoms with E-state index >= 15 is 0 Å². The predicted octanol–water partition coefficient (Wildman–Crippen LogP) is 1.56. The SMILES string of the molecule is COC(=O)c1ccc2c(c1)NC(C)C(C#N)O2. The number of carbonyl (C=O) groups excluding carboxylic acids is 1. The third-order valence-corrected chi connectivity index (χ3v) is 2.62. The minimum absolute atomic E-state index is 0.125. The highest BCUT2D eigenvalue weighted by atomic mass is 16.5. The van der Waals surface area contributed by atoms with Gasteiger partial charge in [-0.1, -0.05) is 0 Å². The molecule has 1 aliphatic rings. The molecule has 0 amide bonds. The molecule has 0 bridgehead atoms. The normalized spacial score (nSPS) is 21.5. The molecule has 0 spiro atoms. The zero-order chi connectivity index (χ0) is 12.4. The van der Waals surface area contributed by atoms with Gasteiger partial charge < -0.3 is 14.8 Å². The Bertz CT molecular complexity index is 493. The quantitative estimate of drug-likeness (QED) is 0.744. The number of rotatable bonds is 1. The average Bonchev–Trinajstić information content (AvgIpc) is 2.36. The first-order chi connectivity index (χ1) is 8.15. The van der Waals surface area contributed by atoms with Crippen molar-refractivity contribution >= 4 is 11.7 Å². The monoisotopic (exact) mass is 232 g/mol. The van der Waals surface area contributed by atoms with Crippen molar-refractivity contribution in [2.45, 2.75) is 19.1 Å². The molecule has 17 heavy (non-hydrogen) atoms. The summed E-state index contributed by atoms with van der Waals surface area (Å²) in [6, 6.07) is 6.87. The number of anilines is 1. The van der Waals surface area contributed by atoms with Crippen molar-refractivity contribution in [1.82, 2.24) is 0 Å². The molecule has 0 aliphatic carbocycles. The molecule has 0 aromatic heterocycles. The number of benzene rings is 1. The van der Waals surface area contributed by atoms with E-state index in [1.807, 2.05) is 6.92 Å². The lowest BCUT2D eigenvalue weighted by Gasteiger charge is -2.29. The van der Waals surface area contributed by atoms with Gasteiger partial charge in [-0.15, -0.1) is 0 Å². The van der Waals surface area contributed by atoms with Gasteiger partial charge in [0.1, 0.15) is 11.8 Å². The summed E-state index contributed by atoms with van der Waals surface area (Å²) in [5, 5.41) is 12.0. The molecule has 1 aliphatic heterocycles. The lowest BCUT2D eigenvalue weighted by molar-refractivity contribution is 0.0600. The van der Waals surface area contributed by atoms with Crippen LogP contribution in [0, 0.1) is 11.3 Å². The Morgan fingerprint density at radius 3 is 3.00 bits per heavy atom. The fourth-order valence-corrected chi connectivity index (χ4v) is 1.69. The average molecular weight is 232 g/mol. The zero-order valence-electron chi connectivity index (χ0n) is 9.56. The van der Waals surface area contributed by atoms with E-state index in [1.54, 1.807) is 18.2 Å². The number of nitriles is 1. The molecule has 88 valence electrons. The highest BCUT2D eigenvalue weighted by Crippen LogP contribution is 2.32. The van der Waals surface area contributed by atoms with E-state index < -0.39 is 12.1 Å². The van der Waals surface area contributed by atoms with Crippen LogP contribution >= 0.6 is 0 Å². The molecule has 1 heterocycles. The largest absolute Gasteiger partial charge is 0.471 e. The third kappa shape index (κ3) is 2.02. The first-order valence-corrected chi connectivity index (χ1v) is 5.21. The summed E-state index contributed by atoms with van der Waals surface area (Å²) in [7, 11) is 1.33. The molecule has 0 saturated carbocycles. The summed E-state index contributed by atoms with van der Waals surface area (Å²) in [6.45, 7) is 1.85. The van der Waals surface area contributed by atoms with Gasteiger partial charge >= 0.3 is 5.97 Å². The van der Waals surface area contributed by atoms with Crippen molar-refractivity contribution < 1.29 is 14.3 Å². The van der Waals surface area contributed by atoms with Crippen LogP contribution in [0.25, 0.3) is 0 Å². The van der Waals surface area contributed by atoms with Gasteiger partial charge in [0.25, 0.3) is 0 Å². The second-order valence-electron chi connectivity index (χ2n) is 3.80. The fourth-order valence-electron chi connectivity index (χ4n) is 1.69. The van der Waals surface area contributed by atoms with Gasteiger partial charge in [0.05, 0.1) is 24.4 Å². The molecule has 0 saturated heterocycles. The fraction of sp³-hybridized carbons (Fsp3) is 0.333. The predicted molar refractivity (Wildman–Crippen MR) is 60.9 cm³/mol. The summed E-state index contributed by atoms with van der Waals surface area (Å²) in [4.78, 5) is 11.4. The first kappa shape index (κ1) is 11.3. The van der Waals surface area contributed by atoms with Crippen LogP contribution in [-0.4, -0.2) is 25.2 Å². The standard InChI is InChI=1S/C12H12N2O3/c1-7-11(6-13)17-10-4-3-8(12(15)16-2)5-9(10)14-7/h3-5,7,11,14H,1-2H3. The molecule has 2 atom stereocenters. The van der Waals surface area contributed by atoms with Gasteiger partial charge in [0.2, 0.25) is 6.10 Å². The van der Waals surface area contributed by atoms with Crippen molar-refractivity contribution in [2.75, 3.05) is 12.4 Å². The van der Waals surface area contributed by atoms with Crippen LogP contribution in [-0.2, 0) is 4.74 Å². The van der Waals surface area contributed by atoms with Gasteiger partial charge in [0, 0.05) is 0 Å². The van der Waals surface area contributed by atoms with Crippen LogP contribution < -0.4 is 10.1 Å². The van der Waals surface area contributed by atoms with E-state index in [4.69, 9.17) is 10.00 Å². The molecule has 1 N–H and O–H groups in total. The second-order valence-corrected chi connectivity index (χ2v) is 3.80. The van der Waals surface area contributed by atoms with E-state index in [0.29, 0.717) is 17.0 Å². The van der Waals surface area contributed by atoms with Crippen molar-refractivity contribution in [3.05, 3.63) is 23.8 Å². The van der Waals surface area contributed by atoms with Gasteiger partial charge in [0.15, 0.2) is 0 Å². The van der Waals surface area contributed by atoms with Crippen LogP contribution in [0.5, 0.6) is 5.75 Å². The van der Waals surface area contributed by atoms with Gasteiger partial charge in [-0.2, -0.15) is 5.26 Å². The molecule has 0 radical (unpaired) electrons. The van der Waals surface area contributed by atoms with Gasteiger partial charge in [-0.05, 0) is 25.1 Å². The molecular formula is C12H12N2O3. The lowest BCUT2D eigenvalue weighted by atomic mass is 10.1. The Hall–Kier alpha value is -2.22. The lowest BCUT2D eigenvalue weighted by Crippen LogP contribution is -2.38. The van der Waals surface area contributed by atoms with E-state index in [0.717, 1.165) is 0 Å². The van der Waals surface area contributed by atoms with E-state index in [9.17, 15) is 4.79 Å².